The van der Waals surface area contributed by atoms with Crippen LogP contribution in [0.5, 0.6) is 0 Å². The second kappa shape index (κ2) is 12.2. The molecule has 0 amide bonds. The predicted octanol–water partition coefficient (Wildman–Crippen LogP) is 13.3. The standard InChI is InChI=1S/C51H46N4/c1-49(2,3)34-23-25-44-38(29-34)36-19-12-14-21-42(36)55(44)48-40(31-53)39(30-52)47(45-46(48)51(6,7)27-15-26-50(45,4)5)54-41-20-13-11-18-35(41)37-28-33(22-24-43(37)54)32-16-9-8-10-17-32/h8-14,16-25,28-29H,15,26-27H2,1-7H3. The van der Waals surface area contributed by atoms with Crippen LogP contribution in [0.1, 0.15) is 95.5 Å². The average Bonchev–Trinajstić information content (AvgIpc) is 3.65. The predicted molar refractivity (Wildman–Crippen MR) is 229 cm³/mol. The van der Waals surface area contributed by atoms with Gasteiger partial charge < -0.3 is 9.13 Å². The van der Waals surface area contributed by atoms with E-state index in [0.29, 0.717) is 11.1 Å². The van der Waals surface area contributed by atoms with Crippen LogP contribution in [-0.4, -0.2) is 9.13 Å². The van der Waals surface area contributed by atoms with Crippen molar-refractivity contribution in [2.45, 2.75) is 84.0 Å². The maximum atomic E-state index is 11.5. The van der Waals surface area contributed by atoms with E-state index in [1.54, 1.807) is 0 Å². The molecule has 0 N–H and O–H groups in total. The number of aromatic nitrogens is 2. The number of para-hydroxylation sites is 2. The molecular weight excluding hydrogens is 669 g/mol. The molecule has 2 heterocycles. The second-order valence-corrected chi connectivity index (χ2v) is 17.8. The third kappa shape index (κ3) is 5.16. The summed E-state index contributed by atoms with van der Waals surface area (Å²) in [5.74, 6) is 0. The minimum Gasteiger partial charge on any atom is -0.308 e. The number of benzene rings is 6. The van der Waals surface area contributed by atoms with Crippen LogP contribution in [0.25, 0.3) is 66.1 Å². The lowest BCUT2D eigenvalue weighted by Crippen LogP contribution is -2.28. The van der Waals surface area contributed by atoms with Crippen molar-refractivity contribution in [3.05, 3.63) is 143 Å². The van der Waals surface area contributed by atoms with Crippen LogP contribution < -0.4 is 0 Å². The number of nitrogens with zero attached hydrogens (tertiary/aromatic N) is 4. The second-order valence-electron chi connectivity index (χ2n) is 17.8. The molecule has 6 aromatic carbocycles. The summed E-state index contributed by atoms with van der Waals surface area (Å²) in [7, 11) is 0. The molecular formula is C51H46N4. The Kier molecular flexibility index (Phi) is 7.69. The van der Waals surface area contributed by atoms with Crippen LogP contribution in [0.3, 0.4) is 0 Å². The normalized spacial score (nSPS) is 15.2. The lowest BCUT2D eigenvalue weighted by atomic mass is 9.71. The van der Waals surface area contributed by atoms with Crippen LogP contribution in [0.2, 0.25) is 0 Å². The summed E-state index contributed by atoms with van der Waals surface area (Å²) in [5, 5.41) is 27.5. The third-order valence-electron chi connectivity index (χ3n) is 12.4. The molecule has 4 nitrogen and oxygen atoms in total. The fourth-order valence-electron chi connectivity index (χ4n) is 9.63. The van der Waals surface area contributed by atoms with E-state index in [-0.39, 0.29) is 16.2 Å². The molecule has 0 aliphatic heterocycles. The van der Waals surface area contributed by atoms with Crippen molar-refractivity contribution < 1.29 is 0 Å². The Morgan fingerprint density at radius 1 is 0.509 bits per heavy atom. The van der Waals surface area contributed by atoms with Crippen molar-refractivity contribution >= 4 is 43.6 Å². The molecule has 9 rings (SSSR count). The zero-order valence-corrected chi connectivity index (χ0v) is 32.9. The summed E-state index contributed by atoms with van der Waals surface area (Å²) < 4.78 is 4.63. The smallest absolute Gasteiger partial charge is 0.103 e. The first-order valence-corrected chi connectivity index (χ1v) is 19.5. The van der Waals surface area contributed by atoms with Gasteiger partial charge in [-0.05, 0) is 93.3 Å². The van der Waals surface area contributed by atoms with E-state index in [1.807, 2.05) is 6.07 Å². The first-order valence-electron chi connectivity index (χ1n) is 19.5. The summed E-state index contributed by atoms with van der Waals surface area (Å²) in [5.41, 5.74) is 11.9. The van der Waals surface area contributed by atoms with Gasteiger partial charge in [0.05, 0.1) is 44.6 Å². The molecule has 55 heavy (non-hydrogen) atoms. The maximum absolute atomic E-state index is 11.5. The molecule has 2 aromatic heterocycles. The Labute approximate surface area is 323 Å². The van der Waals surface area contributed by atoms with Gasteiger partial charge in [-0.3, -0.25) is 0 Å². The molecule has 0 saturated carbocycles. The maximum Gasteiger partial charge on any atom is 0.103 e. The van der Waals surface area contributed by atoms with Crippen molar-refractivity contribution in [3.8, 4) is 34.6 Å². The van der Waals surface area contributed by atoms with Crippen molar-refractivity contribution in [1.29, 1.82) is 10.5 Å². The summed E-state index contributed by atoms with van der Waals surface area (Å²) in [6.07, 6.45) is 2.96. The average molecular weight is 715 g/mol. The molecule has 0 saturated heterocycles. The monoisotopic (exact) mass is 714 g/mol. The van der Waals surface area contributed by atoms with Crippen LogP contribution in [-0.2, 0) is 16.2 Å². The Balaban J connectivity index is 1.49. The SMILES string of the molecule is CC(C)(C)c1ccc2c(c1)c1ccccc1n2-c1c(C#N)c(C#N)c(-n2c3ccccc3c3cc(-c4ccccc4)ccc32)c2c1C(C)(C)CCCC2(C)C. The van der Waals surface area contributed by atoms with Gasteiger partial charge in [-0.25, -0.2) is 0 Å². The molecule has 1 aliphatic rings. The molecule has 0 radical (unpaired) electrons. The van der Waals surface area contributed by atoms with Crippen LogP contribution >= 0.6 is 0 Å². The highest BCUT2D eigenvalue weighted by Crippen LogP contribution is 2.53. The highest BCUT2D eigenvalue weighted by Gasteiger charge is 2.43. The van der Waals surface area contributed by atoms with Gasteiger partial charge >= 0.3 is 0 Å². The molecule has 4 heteroatoms. The lowest BCUT2D eigenvalue weighted by molar-refractivity contribution is 0.433. The molecule has 1 aliphatic carbocycles. The Morgan fingerprint density at radius 2 is 0.964 bits per heavy atom. The van der Waals surface area contributed by atoms with E-state index in [1.165, 1.54) is 5.56 Å². The minimum atomic E-state index is -0.313. The summed E-state index contributed by atoms with van der Waals surface area (Å²) >= 11 is 0. The zero-order chi connectivity index (χ0) is 38.4. The quantitative estimate of drug-likeness (QED) is 0.171. The van der Waals surface area contributed by atoms with E-state index < -0.39 is 0 Å². The highest BCUT2D eigenvalue weighted by molar-refractivity contribution is 6.12. The molecule has 0 spiro atoms. The lowest BCUT2D eigenvalue weighted by Gasteiger charge is -2.36. The molecule has 0 atom stereocenters. The van der Waals surface area contributed by atoms with Gasteiger partial charge in [-0.2, -0.15) is 10.5 Å². The van der Waals surface area contributed by atoms with Crippen molar-refractivity contribution in [1.82, 2.24) is 9.13 Å². The first kappa shape index (κ1) is 34.7. The van der Waals surface area contributed by atoms with E-state index in [2.05, 4.69) is 179 Å². The summed E-state index contributed by atoms with van der Waals surface area (Å²) in [6, 6.07) is 46.4. The van der Waals surface area contributed by atoms with E-state index in [0.717, 1.165) is 96.5 Å². The number of fused-ring (bicyclic) bond motifs is 7. The first-order chi connectivity index (χ1) is 26.4. The van der Waals surface area contributed by atoms with Gasteiger partial charge in [0, 0.05) is 21.5 Å². The van der Waals surface area contributed by atoms with Crippen molar-refractivity contribution in [2.75, 3.05) is 0 Å². The third-order valence-corrected chi connectivity index (χ3v) is 12.4. The van der Waals surface area contributed by atoms with E-state index >= 15 is 0 Å². The van der Waals surface area contributed by atoms with E-state index in [9.17, 15) is 10.5 Å². The van der Waals surface area contributed by atoms with Gasteiger partial charge in [0.1, 0.15) is 12.1 Å². The summed E-state index contributed by atoms with van der Waals surface area (Å²) in [4.78, 5) is 0. The largest absolute Gasteiger partial charge is 0.308 e. The fraction of sp³-hybridized carbons (Fsp3) is 0.255. The van der Waals surface area contributed by atoms with Gasteiger partial charge in [0.25, 0.3) is 0 Å². The number of rotatable bonds is 3. The van der Waals surface area contributed by atoms with Crippen molar-refractivity contribution in [3.63, 3.8) is 0 Å². The Morgan fingerprint density at radius 3 is 1.47 bits per heavy atom. The molecule has 8 aromatic rings. The van der Waals surface area contributed by atoms with Gasteiger partial charge in [0.15, 0.2) is 0 Å². The fourth-order valence-corrected chi connectivity index (χ4v) is 9.63. The van der Waals surface area contributed by atoms with Crippen LogP contribution in [0.4, 0.5) is 0 Å². The van der Waals surface area contributed by atoms with Crippen LogP contribution in [0, 0.1) is 22.7 Å². The Bertz CT molecular complexity index is 2950. The van der Waals surface area contributed by atoms with Gasteiger partial charge in [-0.15, -0.1) is 0 Å². The number of hydrogen-bond donors (Lipinski definition) is 0. The number of hydrogen-bond acceptors (Lipinski definition) is 2. The molecule has 0 unspecified atom stereocenters. The highest BCUT2D eigenvalue weighted by atomic mass is 15.0. The van der Waals surface area contributed by atoms with Gasteiger partial charge in [0.2, 0.25) is 0 Å². The molecule has 270 valence electrons. The molecule has 0 fully saturated rings. The topological polar surface area (TPSA) is 57.4 Å². The van der Waals surface area contributed by atoms with E-state index in [4.69, 9.17) is 0 Å². The van der Waals surface area contributed by atoms with Gasteiger partial charge in [-0.1, -0.05) is 134 Å². The minimum absolute atomic E-state index is 0.0297. The number of nitriles is 2. The van der Waals surface area contributed by atoms with Crippen LogP contribution in [0.15, 0.2) is 115 Å². The van der Waals surface area contributed by atoms with Crippen molar-refractivity contribution in [2.24, 2.45) is 0 Å². The Hall–Kier alpha value is -6.10. The zero-order valence-electron chi connectivity index (χ0n) is 32.9. The molecule has 0 bridgehead atoms. The summed E-state index contributed by atoms with van der Waals surface area (Å²) in [6.45, 7) is 16.1.